The average Bonchev–Trinajstić information content (AvgIpc) is 2.84. The van der Waals surface area contributed by atoms with Gasteiger partial charge in [-0.25, -0.2) is 8.42 Å². The van der Waals surface area contributed by atoms with Crippen LogP contribution in [-0.2, 0) is 23.0 Å². The number of benzene rings is 3. The van der Waals surface area contributed by atoms with Gasteiger partial charge >= 0.3 is 0 Å². The Bertz CT molecular complexity index is 1330. The monoisotopic (exact) mass is 480 g/mol. The standard InChI is InChI=1S/C26H28N2O5S/c1-17-5-10-23(13-18(17)2)34(30,31)27-22-8-6-19(7-9-22)26(29)28-12-11-20-14-24(32-3)25(33-4)15-21(20)16-28/h5-10,13-15,27H,11-12,16H2,1-4H3. The molecular formula is C26H28N2O5S. The lowest BCUT2D eigenvalue weighted by atomic mass is 9.98. The maximum Gasteiger partial charge on any atom is 0.261 e. The van der Waals surface area contributed by atoms with E-state index in [0.717, 1.165) is 28.7 Å². The number of rotatable bonds is 6. The number of carbonyl (C=O) groups is 1. The first-order valence-corrected chi connectivity index (χ1v) is 12.4. The number of amides is 1. The molecule has 0 saturated heterocycles. The van der Waals surface area contributed by atoms with Crippen LogP contribution in [0.15, 0.2) is 59.5 Å². The van der Waals surface area contributed by atoms with Gasteiger partial charge < -0.3 is 14.4 Å². The van der Waals surface area contributed by atoms with E-state index >= 15 is 0 Å². The van der Waals surface area contributed by atoms with Gasteiger partial charge in [0, 0.05) is 24.3 Å². The minimum Gasteiger partial charge on any atom is -0.493 e. The fourth-order valence-corrected chi connectivity index (χ4v) is 5.16. The SMILES string of the molecule is COc1cc2c(cc1OC)CN(C(=O)c1ccc(NS(=O)(=O)c3ccc(C)c(C)c3)cc1)CC2. The smallest absolute Gasteiger partial charge is 0.261 e. The van der Waals surface area contributed by atoms with Gasteiger partial charge in [-0.2, -0.15) is 0 Å². The van der Waals surface area contributed by atoms with E-state index in [1.807, 2.05) is 26.0 Å². The Morgan fingerprint density at radius 2 is 1.53 bits per heavy atom. The molecule has 34 heavy (non-hydrogen) atoms. The number of ether oxygens (including phenoxy) is 2. The highest BCUT2D eigenvalue weighted by molar-refractivity contribution is 7.92. The summed E-state index contributed by atoms with van der Waals surface area (Å²) >= 11 is 0. The summed E-state index contributed by atoms with van der Waals surface area (Å²) < 4.78 is 38.8. The van der Waals surface area contributed by atoms with Crippen LogP contribution >= 0.6 is 0 Å². The van der Waals surface area contributed by atoms with Crippen molar-refractivity contribution in [3.05, 3.63) is 82.4 Å². The first-order valence-electron chi connectivity index (χ1n) is 10.9. The maximum atomic E-state index is 13.1. The summed E-state index contributed by atoms with van der Waals surface area (Å²) in [5.74, 6) is 1.21. The first-order chi connectivity index (χ1) is 16.2. The third-order valence-corrected chi connectivity index (χ3v) is 7.56. The molecule has 8 heteroatoms. The van der Waals surface area contributed by atoms with Crippen LogP contribution < -0.4 is 14.2 Å². The zero-order valence-electron chi connectivity index (χ0n) is 19.7. The number of carbonyl (C=O) groups excluding carboxylic acids is 1. The van der Waals surface area contributed by atoms with Crippen LogP contribution in [0.3, 0.4) is 0 Å². The van der Waals surface area contributed by atoms with Crippen molar-refractivity contribution in [1.29, 1.82) is 0 Å². The number of fused-ring (bicyclic) bond motifs is 1. The van der Waals surface area contributed by atoms with Gasteiger partial charge in [-0.1, -0.05) is 6.07 Å². The molecule has 0 bridgehead atoms. The van der Waals surface area contributed by atoms with E-state index in [-0.39, 0.29) is 10.8 Å². The summed E-state index contributed by atoms with van der Waals surface area (Å²) in [5.41, 5.74) is 4.99. The lowest BCUT2D eigenvalue weighted by Crippen LogP contribution is -2.36. The summed E-state index contributed by atoms with van der Waals surface area (Å²) in [6, 6.07) is 15.4. The number of nitrogens with one attached hydrogen (secondary N) is 1. The first kappa shape index (κ1) is 23.6. The van der Waals surface area contributed by atoms with Crippen molar-refractivity contribution in [2.75, 3.05) is 25.5 Å². The molecule has 1 aliphatic heterocycles. The van der Waals surface area contributed by atoms with Gasteiger partial charge in [0.2, 0.25) is 0 Å². The second-order valence-corrected chi connectivity index (χ2v) is 10.1. The van der Waals surface area contributed by atoms with E-state index in [1.165, 1.54) is 0 Å². The van der Waals surface area contributed by atoms with Gasteiger partial charge in [0.1, 0.15) is 0 Å². The molecule has 0 unspecified atom stereocenters. The maximum absolute atomic E-state index is 13.1. The fraction of sp³-hybridized carbons (Fsp3) is 0.269. The Kier molecular flexibility index (Phi) is 6.52. The van der Waals surface area contributed by atoms with Crippen LogP contribution in [0.5, 0.6) is 11.5 Å². The van der Waals surface area contributed by atoms with Crippen molar-refractivity contribution in [1.82, 2.24) is 4.90 Å². The predicted molar refractivity (Wildman–Crippen MR) is 131 cm³/mol. The van der Waals surface area contributed by atoms with E-state index in [0.29, 0.717) is 35.8 Å². The van der Waals surface area contributed by atoms with Crippen molar-refractivity contribution in [3.63, 3.8) is 0 Å². The fourth-order valence-electron chi connectivity index (χ4n) is 4.02. The Balaban J connectivity index is 1.48. The van der Waals surface area contributed by atoms with Crippen LogP contribution in [0.2, 0.25) is 0 Å². The molecule has 0 aromatic heterocycles. The topological polar surface area (TPSA) is 84.9 Å². The highest BCUT2D eigenvalue weighted by atomic mass is 32.2. The summed E-state index contributed by atoms with van der Waals surface area (Å²) in [7, 11) is -0.525. The van der Waals surface area contributed by atoms with Gasteiger partial charge in [0.25, 0.3) is 15.9 Å². The molecule has 1 aliphatic rings. The summed E-state index contributed by atoms with van der Waals surface area (Å²) in [6.07, 6.45) is 0.718. The lowest BCUT2D eigenvalue weighted by Gasteiger charge is -2.29. The van der Waals surface area contributed by atoms with Gasteiger partial charge in [0.05, 0.1) is 19.1 Å². The Labute approximate surface area is 200 Å². The molecule has 0 aliphatic carbocycles. The molecule has 0 atom stereocenters. The van der Waals surface area contributed by atoms with Gasteiger partial charge in [-0.05, 0) is 91.1 Å². The molecule has 0 spiro atoms. The molecule has 0 fully saturated rings. The van der Waals surface area contributed by atoms with Gasteiger partial charge in [0.15, 0.2) is 11.5 Å². The van der Waals surface area contributed by atoms with E-state index in [4.69, 9.17) is 9.47 Å². The van der Waals surface area contributed by atoms with Crippen molar-refractivity contribution < 1.29 is 22.7 Å². The zero-order chi connectivity index (χ0) is 24.5. The molecule has 3 aromatic rings. The summed E-state index contributed by atoms with van der Waals surface area (Å²) in [4.78, 5) is 15.1. The number of anilines is 1. The summed E-state index contributed by atoms with van der Waals surface area (Å²) in [6.45, 7) is 4.86. The zero-order valence-corrected chi connectivity index (χ0v) is 20.5. The van der Waals surface area contributed by atoms with E-state index in [9.17, 15) is 13.2 Å². The van der Waals surface area contributed by atoms with E-state index in [2.05, 4.69) is 4.72 Å². The second-order valence-electron chi connectivity index (χ2n) is 8.38. The normalized spacial score (nSPS) is 13.2. The van der Waals surface area contributed by atoms with Crippen molar-refractivity contribution in [3.8, 4) is 11.5 Å². The van der Waals surface area contributed by atoms with Crippen LogP contribution in [-0.4, -0.2) is 40.0 Å². The number of aryl methyl sites for hydroxylation is 2. The number of hydrogen-bond donors (Lipinski definition) is 1. The number of methoxy groups -OCH3 is 2. The molecule has 7 nitrogen and oxygen atoms in total. The Morgan fingerprint density at radius 1 is 0.882 bits per heavy atom. The number of nitrogens with zero attached hydrogens (tertiary/aromatic N) is 1. The minimum atomic E-state index is -3.72. The largest absolute Gasteiger partial charge is 0.493 e. The average molecular weight is 481 g/mol. The van der Waals surface area contributed by atoms with Crippen molar-refractivity contribution in [2.45, 2.75) is 31.7 Å². The number of hydrogen-bond acceptors (Lipinski definition) is 5. The molecule has 178 valence electrons. The van der Waals surface area contributed by atoms with Gasteiger partial charge in [-0.3, -0.25) is 9.52 Å². The lowest BCUT2D eigenvalue weighted by molar-refractivity contribution is 0.0734. The van der Waals surface area contributed by atoms with Crippen LogP contribution in [0, 0.1) is 13.8 Å². The van der Waals surface area contributed by atoms with Crippen molar-refractivity contribution in [2.24, 2.45) is 0 Å². The van der Waals surface area contributed by atoms with Crippen LogP contribution in [0.1, 0.15) is 32.6 Å². The molecular weight excluding hydrogens is 452 g/mol. The molecule has 4 rings (SSSR count). The van der Waals surface area contributed by atoms with Crippen LogP contribution in [0.25, 0.3) is 0 Å². The third kappa shape index (κ3) is 4.72. The molecule has 0 radical (unpaired) electrons. The quantitative estimate of drug-likeness (QED) is 0.568. The Hall–Kier alpha value is -3.52. The predicted octanol–water partition coefficient (Wildman–Crippen LogP) is 4.32. The Morgan fingerprint density at radius 3 is 2.15 bits per heavy atom. The minimum absolute atomic E-state index is 0.107. The molecule has 1 amide bonds. The highest BCUT2D eigenvalue weighted by Crippen LogP contribution is 2.33. The summed E-state index contributed by atoms with van der Waals surface area (Å²) in [5, 5.41) is 0. The van der Waals surface area contributed by atoms with E-state index in [1.54, 1.807) is 61.6 Å². The second kappa shape index (κ2) is 9.38. The molecule has 1 N–H and O–H groups in total. The van der Waals surface area contributed by atoms with E-state index < -0.39 is 10.0 Å². The molecule has 1 heterocycles. The van der Waals surface area contributed by atoms with Crippen LogP contribution in [0.4, 0.5) is 5.69 Å². The molecule has 0 saturated carbocycles. The third-order valence-electron chi connectivity index (χ3n) is 6.18. The molecule has 3 aromatic carbocycles. The van der Waals surface area contributed by atoms with Gasteiger partial charge in [-0.15, -0.1) is 0 Å². The highest BCUT2D eigenvalue weighted by Gasteiger charge is 2.24. The number of sulfonamides is 1. The van der Waals surface area contributed by atoms with Crippen molar-refractivity contribution >= 4 is 21.6 Å².